The molecule has 5 nitrogen and oxygen atoms in total. The van der Waals surface area contributed by atoms with Crippen molar-refractivity contribution in [3.05, 3.63) is 23.8 Å². The zero-order valence-electron chi connectivity index (χ0n) is 11.1. The molecular formula is C14H19NO4. The van der Waals surface area contributed by atoms with Gasteiger partial charge >= 0.3 is 0 Å². The van der Waals surface area contributed by atoms with Crippen molar-refractivity contribution < 1.29 is 18.9 Å². The predicted octanol–water partition coefficient (Wildman–Crippen LogP) is 1.48. The largest absolute Gasteiger partial charge is 0.454 e. The number of likely N-dealkylation sites (N-methyl/N-ethyl adjacent to an activating group) is 1. The third-order valence-electron chi connectivity index (χ3n) is 3.36. The Bertz CT molecular complexity index is 433. The minimum atomic E-state index is 0.167. The maximum Gasteiger partial charge on any atom is 0.231 e. The second-order valence-electron chi connectivity index (χ2n) is 4.72. The van der Waals surface area contributed by atoms with Gasteiger partial charge in [0.1, 0.15) is 6.10 Å². The molecule has 2 heterocycles. The first-order valence-electron chi connectivity index (χ1n) is 6.69. The smallest absolute Gasteiger partial charge is 0.231 e. The van der Waals surface area contributed by atoms with Gasteiger partial charge in [0.05, 0.1) is 25.9 Å². The minimum Gasteiger partial charge on any atom is -0.454 e. The van der Waals surface area contributed by atoms with E-state index in [9.17, 15) is 0 Å². The first-order valence-corrected chi connectivity index (χ1v) is 6.69. The number of fused-ring (bicyclic) bond motifs is 1. The van der Waals surface area contributed by atoms with Crippen molar-refractivity contribution in [1.82, 2.24) is 5.32 Å². The standard InChI is InChI=1S/C14H19NO4/c1-2-15-12(8-17-11-6-16-7-11)10-3-4-13-14(5-10)19-9-18-13/h3-5,11-12,15H,2,6-9H2,1H3. The zero-order valence-corrected chi connectivity index (χ0v) is 11.1. The fourth-order valence-corrected chi connectivity index (χ4v) is 2.19. The van der Waals surface area contributed by atoms with Gasteiger partial charge in [0.2, 0.25) is 6.79 Å². The lowest BCUT2D eigenvalue weighted by atomic mass is 10.1. The van der Waals surface area contributed by atoms with E-state index in [0.29, 0.717) is 26.6 Å². The Kier molecular flexibility index (Phi) is 3.87. The van der Waals surface area contributed by atoms with E-state index in [-0.39, 0.29) is 12.1 Å². The number of hydrogen-bond acceptors (Lipinski definition) is 5. The summed E-state index contributed by atoms with van der Waals surface area (Å²) in [4.78, 5) is 0. The highest BCUT2D eigenvalue weighted by Gasteiger charge is 2.22. The quantitative estimate of drug-likeness (QED) is 0.844. The molecule has 0 radical (unpaired) electrons. The first-order chi connectivity index (χ1) is 9.36. The van der Waals surface area contributed by atoms with Crippen molar-refractivity contribution in [1.29, 1.82) is 0 Å². The number of rotatable bonds is 6. The van der Waals surface area contributed by atoms with Gasteiger partial charge in [-0.05, 0) is 24.2 Å². The summed E-state index contributed by atoms with van der Waals surface area (Å²) in [6, 6.07) is 6.20. The Morgan fingerprint density at radius 1 is 1.32 bits per heavy atom. The zero-order chi connectivity index (χ0) is 13.1. The van der Waals surface area contributed by atoms with Crippen LogP contribution in [-0.2, 0) is 9.47 Å². The van der Waals surface area contributed by atoms with Crippen molar-refractivity contribution in [2.24, 2.45) is 0 Å². The highest BCUT2D eigenvalue weighted by molar-refractivity contribution is 5.45. The van der Waals surface area contributed by atoms with Crippen LogP contribution in [0.25, 0.3) is 0 Å². The van der Waals surface area contributed by atoms with Gasteiger partial charge in [-0.15, -0.1) is 0 Å². The molecule has 104 valence electrons. The van der Waals surface area contributed by atoms with Crippen LogP contribution in [0.15, 0.2) is 18.2 Å². The van der Waals surface area contributed by atoms with Crippen molar-refractivity contribution >= 4 is 0 Å². The lowest BCUT2D eigenvalue weighted by molar-refractivity contribution is -0.133. The fourth-order valence-electron chi connectivity index (χ4n) is 2.19. The van der Waals surface area contributed by atoms with Gasteiger partial charge in [-0.2, -0.15) is 0 Å². The SMILES string of the molecule is CCNC(COC1COC1)c1ccc2c(c1)OCO2. The molecule has 1 unspecified atom stereocenters. The van der Waals surface area contributed by atoms with Crippen molar-refractivity contribution in [2.45, 2.75) is 19.1 Å². The summed E-state index contributed by atoms with van der Waals surface area (Å²) in [6.07, 6.45) is 0.246. The van der Waals surface area contributed by atoms with E-state index < -0.39 is 0 Å². The average Bonchev–Trinajstić information content (AvgIpc) is 2.82. The molecule has 1 fully saturated rings. The van der Waals surface area contributed by atoms with Crippen molar-refractivity contribution in [2.75, 3.05) is 33.2 Å². The Labute approximate surface area is 112 Å². The molecule has 1 saturated heterocycles. The Hall–Kier alpha value is -1.30. The van der Waals surface area contributed by atoms with Crippen LogP contribution >= 0.6 is 0 Å². The van der Waals surface area contributed by atoms with Crippen LogP contribution in [0.5, 0.6) is 11.5 Å². The van der Waals surface area contributed by atoms with Crippen LogP contribution in [0, 0.1) is 0 Å². The molecule has 0 bridgehead atoms. The number of ether oxygens (including phenoxy) is 4. The highest BCUT2D eigenvalue weighted by Crippen LogP contribution is 2.34. The highest BCUT2D eigenvalue weighted by atomic mass is 16.7. The van der Waals surface area contributed by atoms with Crippen LogP contribution < -0.4 is 14.8 Å². The van der Waals surface area contributed by atoms with E-state index in [2.05, 4.69) is 18.3 Å². The summed E-state index contributed by atoms with van der Waals surface area (Å²) >= 11 is 0. The lowest BCUT2D eigenvalue weighted by Gasteiger charge is -2.28. The second kappa shape index (κ2) is 5.77. The van der Waals surface area contributed by atoms with Crippen LogP contribution in [0.3, 0.4) is 0 Å². The van der Waals surface area contributed by atoms with Crippen LogP contribution in [0.2, 0.25) is 0 Å². The van der Waals surface area contributed by atoms with E-state index in [1.54, 1.807) is 0 Å². The topological polar surface area (TPSA) is 49.0 Å². The molecule has 0 spiro atoms. The number of benzene rings is 1. The van der Waals surface area contributed by atoms with Crippen molar-refractivity contribution in [3.8, 4) is 11.5 Å². The molecular weight excluding hydrogens is 246 g/mol. The molecule has 19 heavy (non-hydrogen) atoms. The molecule has 1 aromatic carbocycles. The molecule has 1 aromatic rings. The van der Waals surface area contributed by atoms with Crippen LogP contribution in [0.1, 0.15) is 18.5 Å². The number of nitrogens with one attached hydrogen (secondary N) is 1. The van der Waals surface area contributed by atoms with Gasteiger partial charge < -0.3 is 24.3 Å². The van der Waals surface area contributed by atoms with Gasteiger partial charge in [-0.25, -0.2) is 0 Å². The summed E-state index contributed by atoms with van der Waals surface area (Å²) in [5.74, 6) is 1.62. The molecule has 2 aliphatic heterocycles. The molecule has 0 saturated carbocycles. The Balaban J connectivity index is 1.67. The molecule has 0 aliphatic carbocycles. The van der Waals surface area contributed by atoms with E-state index >= 15 is 0 Å². The maximum absolute atomic E-state index is 5.81. The molecule has 1 N–H and O–H groups in total. The van der Waals surface area contributed by atoms with Crippen LogP contribution in [0.4, 0.5) is 0 Å². The lowest BCUT2D eigenvalue weighted by Crippen LogP contribution is -2.38. The monoisotopic (exact) mass is 265 g/mol. The van der Waals surface area contributed by atoms with E-state index in [1.807, 2.05) is 12.1 Å². The van der Waals surface area contributed by atoms with E-state index in [0.717, 1.165) is 23.6 Å². The molecule has 1 atom stereocenters. The van der Waals surface area contributed by atoms with E-state index in [4.69, 9.17) is 18.9 Å². The van der Waals surface area contributed by atoms with Gasteiger partial charge in [-0.1, -0.05) is 13.0 Å². The van der Waals surface area contributed by atoms with Gasteiger partial charge in [0, 0.05) is 0 Å². The summed E-state index contributed by atoms with van der Waals surface area (Å²) in [7, 11) is 0. The number of hydrogen-bond donors (Lipinski definition) is 1. The predicted molar refractivity (Wildman–Crippen MR) is 69.5 cm³/mol. The Morgan fingerprint density at radius 2 is 2.16 bits per heavy atom. The van der Waals surface area contributed by atoms with Gasteiger partial charge in [0.25, 0.3) is 0 Å². The van der Waals surface area contributed by atoms with Gasteiger partial charge in [0.15, 0.2) is 11.5 Å². The summed E-state index contributed by atoms with van der Waals surface area (Å²) in [5.41, 5.74) is 1.16. The van der Waals surface area contributed by atoms with E-state index in [1.165, 1.54) is 0 Å². The molecule has 3 rings (SSSR count). The molecule has 0 aromatic heterocycles. The molecule has 0 amide bonds. The van der Waals surface area contributed by atoms with Crippen molar-refractivity contribution in [3.63, 3.8) is 0 Å². The summed E-state index contributed by atoms with van der Waals surface area (Å²) in [5, 5.41) is 3.43. The minimum absolute atomic E-state index is 0.167. The van der Waals surface area contributed by atoms with Crippen LogP contribution in [-0.4, -0.2) is 39.3 Å². The molecule has 5 heteroatoms. The molecule has 2 aliphatic rings. The summed E-state index contributed by atoms with van der Waals surface area (Å²) < 4.78 is 21.7. The third kappa shape index (κ3) is 2.83. The first kappa shape index (κ1) is 12.7. The third-order valence-corrected chi connectivity index (χ3v) is 3.36. The summed E-state index contributed by atoms with van der Waals surface area (Å²) in [6.45, 7) is 5.35. The Morgan fingerprint density at radius 3 is 2.89 bits per heavy atom. The second-order valence-corrected chi connectivity index (χ2v) is 4.72. The fraction of sp³-hybridized carbons (Fsp3) is 0.571. The van der Waals surface area contributed by atoms with Gasteiger partial charge in [-0.3, -0.25) is 0 Å². The average molecular weight is 265 g/mol. The normalized spacial score (nSPS) is 19.2. The maximum atomic E-state index is 5.81.